The molecule has 1 atom stereocenters. The molecule has 0 aliphatic rings. The number of benzene rings is 1. The zero-order chi connectivity index (χ0) is 15.5. The summed E-state index contributed by atoms with van der Waals surface area (Å²) in [5.41, 5.74) is 8.13. The Hall–Kier alpha value is -1.87. The summed E-state index contributed by atoms with van der Waals surface area (Å²) in [7, 11) is 0. The van der Waals surface area contributed by atoms with Crippen molar-refractivity contribution in [3.8, 4) is 11.6 Å². The molecule has 3 heteroatoms. The number of para-hydroxylation sites is 1. The van der Waals surface area contributed by atoms with E-state index in [-0.39, 0.29) is 11.5 Å². The first-order valence-corrected chi connectivity index (χ1v) is 7.35. The predicted molar refractivity (Wildman–Crippen MR) is 86.8 cm³/mol. The van der Waals surface area contributed by atoms with Crippen LogP contribution in [0.2, 0.25) is 0 Å². The number of hydrogen-bond acceptors (Lipinski definition) is 3. The van der Waals surface area contributed by atoms with Crippen LogP contribution in [0.15, 0.2) is 42.6 Å². The van der Waals surface area contributed by atoms with E-state index in [1.165, 1.54) is 5.56 Å². The lowest BCUT2D eigenvalue weighted by Crippen LogP contribution is -2.18. The van der Waals surface area contributed by atoms with Crippen molar-refractivity contribution in [1.82, 2.24) is 4.98 Å². The summed E-state index contributed by atoms with van der Waals surface area (Å²) in [6, 6.07) is 12.1. The molecule has 112 valence electrons. The lowest BCUT2D eigenvalue weighted by Gasteiger charge is -2.22. The van der Waals surface area contributed by atoms with Crippen LogP contribution in [0.4, 0.5) is 0 Å². The van der Waals surface area contributed by atoms with E-state index in [2.05, 4.69) is 31.8 Å². The van der Waals surface area contributed by atoms with Crippen molar-refractivity contribution in [2.75, 3.05) is 0 Å². The lowest BCUT2D eigenvalue weighted by molar-refractivity contribution is 0.433. The smallest absolute Gasteiger partial charge is 0.222 e. The van der Waals surface area contributed by atoms with Gasteiger partial charge >= 0.3 is 0 Å². The van der Waals surface area contributed by atoms with E-state index in [9.17, 15) is 0 Å². The summed E-state index contributed by atoms with van der Waals surface area (Å²) < 4.78 is 6.10. The maximum absolute atomic E-state index is 6.10. The summed E-state index contributed by atoms with van der Waals surface area (Å²) in [5.74, 6) is 1.50. The molecule has 21 heavy (non-hydrogen) atoms. The SMILES string of the molecule is CC(N)Cc1cccnc1Oc1ccccc1C(C)(C)C. The average molecular weight is 284 g/mol. The Balaban J connectivity index is 2.35. The fraction of sp³-hybridized carbons (Fsp3) is 0.389. The lowest BCUT2D eigenvalue weighted by atomic mass is 9.86. The number of aromatic nitrogens is 1. The van der Waals surface area contributed by atoms with Crippen LogP contribution in [0.3, 0.4) is 0 Å². The van der Waals surface area contributed by atoms with Crippen LogP contribution >= 0.6 is 0 Å². The molecule has 1 aromatic heterocycles. The summed E-state index contributed by atoms with van der Waals surface area (Å²) in [4.78, 5) is 4.37. The van der Waals surface area contributed by atoms with Gasteiger partial charge < -0.3 is 10.5 Å². The van der Waals surface area contributed by atoms with Crippen molar-refractivity contribution in [2.45, 2.75) is 45.6 Å². The highest BCUT2D eigenvalue weighted by Crippen LogP contribution is 2.34. The van der Waals surface area contributed by atoms with Crippen LogP contribution in [0.5, 0.6) is 11.6 Å². The minimum absolute atomic E-state index is 0.0205. The second-order valence-corrected chi connectivity index (χ2v) is 6.50. The number of hydrogen-bond donors (Lipinski definition) is 1. The second kappa shape index (κ2) is 6.27. The Morgan fingerprint density at radius 3 is 2.52 bits per heavy atom. The van der Waals surface area contributed by atoms with Crippen LogP contribution in [-0.2, 0) is 11.8 Å². The summed E-state index contributed by atoms with van der Waals surface area (Å²) in [6.07, 6.45) is 2.50. The van der Waals surface area contributed by atoms with Gasteiger partial charge in [0.2, 0.25) is 5.88 Å². The largest absolute Gasteiger partial charge is 0.438 e. The third kappa shape index (κ3) is 4.05. The van der Waals surface area contributed by atoms with Gasteiger partial charge in [0.1, 0.15) is 5.75 Å². The van der Waals surface area contributed by atoms with Gasteiger partial charge in [-0.3, -0.25) is 0 Å². The zero-order valence-corrected chi connectivity index (χ0v) is 13.3. The first-order chi connectivity index (χ1) is 9.88. The molecule has 3 nitrogen and oxygen atoms in total. The van der Waals surface area contributed by atoms with Gasteiger partial charge in [-0.05, 0) is 30.9 Å². The molecular formula is C18H24N2O. The van der Waals surface area contributed by atoms with Crippen LogP contribution in [0, 0.1) is 0 Å². The van der Waals surface area contributed by atoms with Gasteiger partial charge in [0, 0.05) is 23.4 Å². The minimum Gasteiger partial charge on any atom is -0.438 e. The molecular weight excluding hydrogens is 260 g/mol. The van der Waals surface area contributed by atoms with Gasteiger partial charge in [0.05, 0.1) is 0 Å². The third-order valence-electron chi connectivity index (χ3n) is 3.29. The maximum atomic E-state index is 6.10. The Morgan fingerprint density at radius 1 is 1.14 bits per heavy atom. The van der Waals surface area contributed by atoms with E-state index in [0.717, 1.165) is 17.7 Å². The molecule has 0 bridgehead atoms. The molecule has 0 spiro atoms. The Morgan fingerprint density at radius 2 is 1.86 bits per heavy atom. The number of nitrogens with two attached hydrogens (primary N) is 1. The van der Waals surface area contributed by atoms with E-state index in [0.29, 0.717) is 5.88 Å². The predicted octanol–water partition coefficient (Wildman–Crippen LogP) is 4.06. The van der Waals surface area contributed by atoms with E-state index in [1.54, 1.807) is 6.20 Å². The molecule has 1 unspecified atom stereocenters. The maximum Gasteiger partial charge on any atom is 0.222 e. The van der Waals surface area contributed by atoms with Crippen molar-refractivity contribution in [2.24, 2.45) is 5.73 Å². The number of pyridine rings is 1. The molecule has 2 aromatic rings. The van der Waals surface area contributed by atoms with E-state index < -0.39 is 0 Å². The first-order valence-electron chi connectivity index (χ1n) is 7.35. The topological polar surface area (TPSA) is 48.1 Å². The quantitative estimate of drug-likeness (QED) is 0.921. The Bertz CT molecular complexity index is 600. The van der Waals surface area contributed by atoms with Crippen LogP contribution in [0.1, 0.15) is 38.8 Å². The monoisotopic (exact) mass is 284 g/mol. The van der Waals surface area contributed by atoms with Gasteiger partial charge in [0.15, 0.2) is 0 Å². The van der Waals surface area contributed by atoms with E-state index >= 15 is 0 Å². The highest BCUT2D eigenvalue weighted by Gasteiger charge is 2.19. The van der Waals surface area contributed by atoms with Crippen molar-refractivity contribution >= 4 is 0 Å². The number of ether oxygens (including phenoxy) is 1. The molecule has 0 aliphatic carbocycles. The highest BCUT2D eigenvalue weighted by molar-refractivity contribution is 5.41. The fourth-order valence-electron chi connectivity index (χ4n) is 2.30. The molecule has 1 heterocycles. The molecule has 2 rings (SSSR count). The van der Waals surface area contributed by atoms with E-state index in [4.69, 9.17) is 10.5 Å². The highest BCUT2D eigenvalue weighted by atomic mass is 16.5. The van der Waals surface area contributed by atoms with Crippen LogP contribution in [0.25, 0.3) is 0 Å². The van der Waals surface area contributed by atoms with Crippen molar-refractivity contribution in [3.63, 3.8) is 0 Å². The summed E-state index contributed by atoms with van der Waals surface area (Å²) >= 11 is 0. The fourth-order valence-corrected chi connectivity index (χ4v) is 2.30. The molecule has 0 saturated heterocycles. The Kier molecular flexibility index (Phi) is 4.63. The second-order valence-electron chi connectivity index (χ2n) is 6.50. The zero-order valence-electron chi connectivity index (χ0n) is 13.3. The molecule has 2 N–H and O–H groups in total. The van der Waals surface area contributed by atoms with Gasteiger partial charge in [-0.1, -0.05) is 45.0 Å². The Labute approximate surface area is 127 Å². The van der Waals surface area contributed by atoms with Crippen LogP contribution < -0.4 is 10.5 Å². The normalized spacial score (nSPS) is 13.0. The van der Waals surface area contributed by atoms with Gasteiger partial charge in [0.25, 0.3) is 0 Å². The first kappa shape index (κ1) is 15.5. The molecule has 0 radical (unpaired) electrons. The molecule has 0 aliphatic heterocycles. The minimum atomic E-state index is 0.0205. The summed E-state index contributed by atoms with van der Waals surface area (Å²) in [5, 5.41) is 0. The molecule has 0 fully saturated rings. The average Bonchev–Trinajstić information content (AvgIpc) is 2.40. The number of rotatable bonds is 4. The molecule has 0 amide bonds. The molecule has 1 aromatic carbocycles. The third-order valence-corrected chi connectivity index (χ3v) is 3.29. The van der Waals surface area contributed by atoms with Gasteiger partial charge in [-0.2, -0.15) is 0 Å². The van der Waals surface area contributed by atoms with Gasteiger partial charge in [-0.15, -0.1) is 0 Å². The van der Waals surface area contributed by atoms with Gasteiger partial charge in [-0.25, -0.2) is 4.98 Å². The van der Waals surface area contributed by atoms with Crippen LogP contribution in [-0.4, -0.2) is 11.0 Å². The standard InChI is InChI=1S/C18H24N2O/c1-13(19)12-14-8-7-11-20-17(14)21-16-10-6-5-9-15(16)18(2,3)4/h5-11,13H,12,19H2,1-4H3. The van der Waals surface area contributed by atoms with Crippen molar-refractivity contribution in [3.05, 3.63) is 53.7 Å². The van der Waals surface area contributed by atoms with Crippen molar-refractivity contribution < 1.29 is 4.74 Å². The number of nitrogens with zero attached hydrogens (tertiary/aromatic N) is 1. The summed E-state index contributed by atoms with van der Waals surface area (Å²) in [6.45, 7) is 8.52. The van der Waals surface area contributed by atoms with Crippen molar-refractivity contribution in [1.29, 1.82) is 0 Å². The van der Waals surface area contributed by atoms with E-state index in [1.807, 2.05) is 37.3 Å². The molecule has 0 saturated carbocycles.